The average molecular weight is 203 g/mol. The summed E-state index contributed by atoms with van der Waals surface area (Å²) in [6.07, 6.45) is 1.60. The molecule has 0 radical (unpaired) electrons. The lowest BCUT2D eigenvalue weighted by Crippen LogP contribution is -2.14. The van der Waals surface area contributed by atoms with Crippen molar-refractivity contribution in [1.29, 1.82) is 0 Å². The van der Waals surface area contributed by atoms with E-state index in [1.807, 2.05) is 19.1 Å². The fourth-order valence-electron chi connectivity index (χ4n) is 1.73. The van der Waals surface area contributed by atoms with Gasteiger partial charge in [-0.25, -0.2) is 9.79 Å². The number of hydrogen-bond donors (Lipinski definition) is 0. The van der Waals surface area contributed by atoms with Gasteiger partial charge in [0.2, 0.25) is 6.08 Å². The number of carbonyl (C=O) groups excluding carboxylic acids is 1. The van der Waals surface area contributed by atoms with E-state index in [0.29, 0.717) is 6.54 Å². The van der Waals surface area contributed by atoms with Gasteiger partial charge in [-0.3, -0.25) is 0 Å². The highest BCUT2D eigenvalue weighted by Gasteiger charge is 2.18. The lowest BCUT2D eigenvalue weighted by Gasteiger charge is -2.23. The van der Waals surface area contributed by atoms with E-state index in [1.54, 1.807) is 6.08 Å². The van der Waals surface area contributed by atoms with Gasteiger partial charge in [-0.15, -0.1) is 0 Å². The molecule has 2 nitrogen and oxygen atoms in total. The van der Waals surface area contributed by atoms with Gasteiger partial charge < -0.3 is 0 Å². The SMILES string of the molecule is Cc1cccc(C(C)(C)C)c1CN=C=O. The Morgan fingerprint density at radius 1 is 1.33 bits per heavy atom. The van der Waals surface area contributed by atoms with Crippen LogP contribution in [0.15, 0.2) is 23.2 Å². The van der Waals surface area contributed by atoms with Crippen molar-refractivity contribution in [3.05, 3.63) is 34.9 Å². The summed E-state index contributed by atoms with van der Waals surface area (Å²) in [5, 5.41) is 0. The molecule has 0 amide bonds. The maximum Gasteiger partial charge on any atom is 0.235 e. The summed E-state index contributed by atoms with van der Waals surface area (Å²) in [4.78, 5) is 13.8. The molecule has 0 aliphatic carbocycles. The molecule has 0 bridgehead atoms. The molecule has 0 heterocycles. The molecule has 0 spiro atoms. The molecule has 1 aromatic rings. The summed E-state index contributed by atoms with van der Waals surface area (Å²) in [6, 6.07) is 6.19. The highest BCUT2D eigenvalue weighted by Crippen LogP contribution is 2.28. The van der Waals surface area contributed by atoms with Gasteiger partial charge in [-0.05, 0) is 29.0 Å². The first-order valence-electron chi connectivity index (χ1n) is 5.09. The average Bonchev–Trinajstić information content (AvgIpc) is 2.14. The van der Waals surface area contributed by atoms with Crippen molar-refractivity contribution >= 4 is 6.08 Å². The lowest BCUT2D eigenvalue weighted by molar-refractivity contribution is 0.561. The van der Waals surface area contributed by atoms with Crippen LogP contribution in [0.5, 0.6) is 0 Å². The first-order valence-corrected chi connectivity index (χ1v) is 5.09. The standard InChI is InChI=1S/C13H17NO/c1-10-6-5-7-12(13(2,3)4)11(10)8-14-9-15/h5-7H,8H2,1-4H3. The van der Waals surface area contributed by atoms with Crippen LogP contribution in [-0.4, -0.2) is 6.08 Å². The maximum atomic E-state index is 10.2. The monoisotopic (exact) mass is 203 g/mol. The molecule has 0 aromatic heterocycles. The van der Waals surface area contributed by atoms with Crippen molar-refractivity contribution in [3.8, 4) is 0 Å². The minimum atomic E-state index is 0.0831. The van der Waals surface area contributed by atoms with Crippen LogP contribution in [0.25, 0.3) is 0 Å². The Morgan fingerprint density at radius 2 is 2.00 bits per heavy atom. The zero-order valence-corrected chi connectivity index (χ0v) is 9.79. The number of rotatable bonds is 2. The van der Waals surface area contributed by atoms with Gasteiger partial charge in [0, 0.05) is 0 Å². The van der Waals surface area contributed by atoms with Gasteiger partial charge in [0.25, 0.3) is 0 Å². The number of aliphatic imine (C=N–C) groups is 1. The van der Waals surface area contributed by atoms with Crippen molar-refractivity contribution in [2.75, 3.05) is 0 Å². The van der Waals surface area contributed by atoms with E-state index in [9.17, 15) is 4.79 Å². The van der Waals surface area contributed by atoms with Crippen LogP contribution in [0.2, 0.25) is 0 Å². The number of hydrogen-bond acceptors (Lipinski definition) is 2. The van der Waals surface area contributed by atoms with Gasteiger partial charge in [0.1, 0.15) is 0 Å². The number of isocyanates is 1. The highest BCUT2D eigenvalue weighted by molar-refractivity contribution is 5.40. The Balaban J connectivity index is 3.26. The molecule has 2 heteroatoms. The van der Waals surface area contributed by atoms with Crippen molar-refractivity contribution in [3.63, 3.8) is 0 Å². The first-order chi connectivity index (χ1) is 6.96. The summed E-state index contributed by atoms with van der Waals surface area (Å²) >= 11 is 0. The van der Waals surface area contributed by atoms with Gasteiger partial charge in [0.05, 0.1) is 6.54 Å². The minimum Gasteiger partial charge on any atom is -0.211 e. The van der Waals surface area contributed by atoms with Crippen LogP contribution in [0, 0.1) is 6.92 Å². The van der Waals surface area contributed by atoms with Crippen molar-refractivity contribution in [2.45, 2.75) is 39.7 Å². The molecule has 0 aliphatic heterocycles. The zero-order chi connectivity index (χ0) is 11.5. The third-order valence-corrected chi connectivity index (χ3v) is 2.52. The van der Waals surface area contributed by atoms with E-state index in [1.165, 1.54) is 11.1 Å². The molecule has 0 saturated carbocycles. The second-order valence-electron chi connectivity index (χ2n) is 4.76. The fourth-order valence-corrected chi connectivity index (χ4v) is 1.73. The topological polar surface area (TPSA) is 29.4 Å². The predicted octanol–water partition coefficient (Wildman–Crippen LogP) is 3.13. The minimum absolute atomic E-state index is 0.0831. The quantitative estimate of drug-likeness (QED) is 0.536. The molecular formula is C13H17NO. The second-order valence-corrected chi connectivity index (χ2v) is 4.76. The summed E-state index contributed by atoms with van der Waals surface area (Å²) in [5.74, 6) is 0. The molecular weight excluding hydrogens is 186 g/mol. The van der Waals surface area contributed by atoms with Crippen LogP contribution < -0.4 is 0 Å². The van der Waals surface area contributed by atoms with Crippen molar-refractivity contribution in [2.24, 2.45) is 4.99 Å². The Labute approximate surface area is 91.0 Å². The van der Waals surface area contributed by atoms with Gasteiger partial charge >= 0.3 is 0 Å². The van der Waals surface area contributed by atoms with Crippen LogP contribution in [-0.2, 0) is 16.8 Å². The molecule has 15 heavy (non-hydrogen) atoms. The fraction of sp³-hybridized carbons (Fsp3) is 0.462. The van der Waals surface area contributed by atoms with Crippen LogP contribution in [0.1, 0.15) is 37.5 Å². The Morgan fingerprint density at radius 3 is 2.53 bits per heavy atom. The molecule has 0 fully saturated rings. The number of benzene rings is 1. The maximum absolute atomic E-state index is 10.2. The predicted molar refractivity (Wildman–Crippen MR) is 61.7 cm³/mol. The van der Waals surface area contributed by atoms with Crippen LogP contribution >= 0.6 is 0 Å². The zero-order valence-electron chi connectivity index (χ0n) is 9.79. The molecule has 0 saturated heterocycles. The van der Waals surface area contributed by atoms with E-state index in [2.05, 4.69) is 31.8 Å². The van der Waals surface area contributed by atoms with Crippen molar-refractivity contribution in [1.82, 2.24) is 0 Å². The Kier molecular flexibility index (Phi) is 3.43. The number of aryl methyl sites for hydroxylation is 1. The van der Waals surface area contributed by atoms with Gasteiger partial charge in [-0.2, -0.15) is 0 Å². The van der Waals surface area contributed by atoms with E-state index in [0.717, 1.165) is 5.56 Å². The Bertz CT molecular complexity index is 395. The summed E-state index contributed by atoms with van der Waals surface area (Å²) in [6.45, 7) is 8.97. The Hall–Kier alpha value is -1.40. The van der Waals surface area contributed by atoms with E-state index >= 15 is 0 Å². The highest BCUT2D eigenvalue weighted by atomic mass is 16.1. The van der Waals surface area contributed by atoms with Crippen LogP contribution in [0.3, 0.4) is 0 Å². The molecule has 1 aromatic carbocycles. The van der Waals surface area contributed by atoms with Gasteiger partial charge in [-0.1, -0.05) is 39.0 Å². The molecule has 0 atom stereocenters. The smallest absolute Gasteiger partial charge is 0.211 e. The third kappa shape index (κ3) is 2.77. The van der Waals surface area contributed by atoms with E-state index in [4.69, 9.17) is 0 Å². The summed E-state index contributed by atoms with van der Waals surface area (Å²) < 4.78 is 0. The van der Waals surface area contributed by atoms with E-state index < -0.39 is 0 Å². The summed E-state index contributed by atoms with van der Waals surface area (Å²) in [7, 11) is 0. The molecule has 1 rings (SSSR count). The first kappa shape index (κ1) is 11.7. The third-order valence-electron chi connectivity index (χ3n) is 2.52. The van der Waals surface area contributed by atoms with Crippen LogP contribution in [0.4, 0.5) is 0 Å². The molecule has 0 N–H and O–H groups in total. The lowest BCUT2D eigenvalue weighted by atomic mass is 9.82. The molecule has 0 aliphatic rings. The molecule has 0 unspecified atom stereocenters. The van der Waals surface area contributed by atoms with Crippen molar-refractivity contribution < 1.29 is 4.79 Å². The second kappa shape index (κ2) is 4.41. The van der Waals surface area contributed by atoms with E-state index in [-0.39, 0.29) is 5.41 Å². The number of nitrogens with zero attached hydrogens (tertiary/aromatic N) is 1. The summed E-state index contributed by atoms with van der Waals surface area (Å²) in [5.41, 5.74) is 3.66. The van der Waals surface area contributed by atoms with Gasteiger partial charge in [0.15, 0.2) is 0 Å². The largest absolute Gasteiger partial charge is 0.235 e. The normalized spacial score (nSPS) is 10.9. The molecule has 80 valence electrons.